The molecule has 0 radical (unpaired) electrons. The predicted molar refractivity (Wildman–Crippen MR) is 74.7 cm³/mol. The third-order valence-corrected chi connectivity index (χ3v) is 4.45. The molecule has 2 N–H and O–H groups in total. The van der Waals surface area contributed by atoms with E-state index in [1.54, 1.807) is 0 Å². The highest BCUT2D eigenvalue weighted by Gasteiger charge is 2.37. The van der Waals surface area contributed by atoms with Crippen LogP contribution in [-0.4, -0.2) is 23.2 Å². The molecule has 0 bridgehead atoms. The van der Waals surface area contributed by atoms with Crippen LogP contribution in [0.2, 0.25) is 0 Å². The number of carboxylic acids is 1. The quantitative estimate of drug-likeness (QED) is 0.757. The molecule has 0 spiro atoms. The molecule has 0 amide bonds. The maximum atomic E-state index is 11.1. The van der Waals surface area contributed by atoms with Crippen molar-refractivity contribution in [3.05, 3.63) is 0 Å². The first-order chi connectivity index (χ1) is 8.29. The van der Waals surface area contributed by atoms with Crippen molar-refractivity contribution in [1.29, 1.82) is 0 Å². The van der Waals surface area contributed by atoms with Crippen LogP contribution in [-0.2, 0) is 4.79 Å². The van der Waals surface area contributed by atoms with Crippen molar-refractivity contribution in [3.63, 3.8) is 0 Å². The first kappa shape index (κ1) is 15.5. The van der Waals surface area contributed by atoms with Gasteiger partial charge in [0.05, 0.1) is 6.42 Å². The van der Waals surface area contributed by atoms with Crippen molar-refractivity contribution < 1.29 is 9.90 Å². The van der Waals surface area contributed by atoms with Crippen LogP contribution in [0.15, 0.2) is 0 Å². The molecule has 0 aliphatic heterocycles. The molecule has 1 aliphatic carbocycles. The number of carbonyl (C=O) groups is 1. The van der Waals surface area contributed by atoms with Crippen molar-refractivity contribution >= 4 is 5.97 Å². The zero-order valence-corrected chi connectivity index (χ0v) is 12.4. The summed E-state index contributed by atoms with van der Waals surface area (Å²) in [5.41, 5.74) is 0.173. The molecule has 0 aromatic rings. The van der Waals surface area contributed by atoms with Crippen molar-refractivity contribution in [2.75, 3.05) is 6.54 Å². The highest BCUT2D eigenvalue weighted by Crippen LogP contribution is 2.40. The molecule has 3 nitrogen and oxygen atoms in total. The summed E-state index contributed by atoms with van der Waals surface area (Å²) >= 11 is 0. The molecule has 2 unspecified atom stereocenters. The van der Waals surface area contributed by atoms with Crippen LogP contribution in [0.25, 0.3) is 0 Å². The normalized spacial score (nSPS) is 29.9. The molecule has 0 heterocycles. The lowest BCUT2D eigenvalue weighted by Gasteiger charge is -2.34. The van der Waals surface area contributed by atoms with E-state index in [0.29, 0.717) is 11.3 Å². The smallest absolute Gasteiger partial charge is 0.305 e. The van der Waals surface area contributed by atoms with E-state index in [1.165, 1.54) is 6.42 Å². The molecule has 0 aromatic carbocycles. The monoisotopic (exact) mass is 255 g/mol. The minimum absolute atomic E-state index is 0.166. The van der Waals surface area contributed by atoms with E-state index in [-0.39, 0.29) is 12.0 Å². The molecule has 1 fully saturated rings. The number of aliphatic carboxylic acids is 1. The third-order valence-electron chi connectivity index (χ3n) is 4.45. The van der Waals surface area contributed by atoms with Crippen LogP contribution in [0.1, 0.15) is 66.2 Å². The van der Waals surface area contributed by atoms with Crippen molar-refractivity contribution in [2.45, 2.75) is 71.8 Å². The van der Waals surface area contributed by atoms with Gasteiger partial charge in [0, 0.05) is 5.54 Å². The summed E-state index contributed by atoms with van der Waals surface area (Å²) < 4.78 is 0. The minimum atomic E-state index is -0.676. The van der Waals surface area contributed by atoms with Crippen LogP contribution >= 0.6 is 0 Å². The molecular formula is C15H29NO2. The summed E-state index contributed by atoms with van der Waals surface area (Å²) in [6, 6.07) is 0. The third kappa shape index (κ3) is 4.27. The van der Waals surface area contributed by atoms with Gasteiger partial charge in [-0.1, -0.05) is 34.1 Å². The van der Waals surface area contributed by atoms with E-state index in [0.717, 1.165) is 32.2 Å². The van der Waals surface area contributed by atoms with Crippen LogP contribution in [0.4, 0.5) is 0 Å². The maximum absolute atomic E-state index is 11.1. The van der Waals surface area contributed by atoms with Gasteiger partial charge >= 0.3 is 5.97 Å². The largest absolute Gasteiger partial charge is 0.481 e. The number of carboxylic acid groups (broad SMARTS) is 1. The number of hydrogen-bond donors (Lipinski definition) is 2. The van der Waals surface area contributed by atoms with Gasteiger partial charge in [-0.2, -0.15) is 0 Å². The Labute approximate surface area is 111 Å². The molecule has 106 valence electrons. The van der Waals surface area contributed by atoms with Gasteiger partial charge in [-0.25, -0.2) is 0 Å². The molecule has 18 heavy (non-hydrogen) atoms. The summed E-state index contributed by atoms with van der Waals surface area (Å²) in [7, 11) is 0. The summed E-state index contributed by atoms with van der Waals surface area (Å²) in [5.74, 6) is 0.0389. The van der Waals surface area contributed by atoms with Gasteiger partial charge in [-0.15, -0.1) is 0 Å². The van der Waals surface area contributed by atoms with Crippen molar-refractivity contribution in [1.82, 2.24) is 5.32 Å². The topological polar surface area (TPSA) is 49.3 Å². The SMILES string of the molecule is CCNC1(CC(=O)O)CCCC(C(C)(C)C)CC1. The fraction of sp³-hybridized carbons (Fsp3) is 0.933. The molecule has 2 atom stereocenters. The highest BCUT2D eigenvalue weighted by atomic mass is 16.4. The van der Waals surface area contributed by atoms with E-state index < -0.39 is 5.97 Å². The van der Waals surface area contributed by atoms with Gasteiger partial charge < -0.3 is 10.4 Å². The Hall–Kier alpha value is -0.570. The fourth-order valence-corrected chi connectivity index (χ4v) is 3.35. The molecule has 0 aromatic heterocycles. The van der Waals surface area contributed by atoms with E-state index in [2.05, 4.69) is 33.0 Å². The lowest BCUT2D eigenvalue weighted by Crippen LogP contribution is -2.46. The van der Waals surface area contributed by atoms with E-state index in [4.69, 9.17) is 5.11 Å². The minimum Gasteiger partial charge on any atom is -0.481 e. The summed E-state index contributed by atoms with van der Waals surface area (Å²) in [4.78, 5) is 11.1. The Bertz CT molecular complexity index is 283. The Kier molecular flexibility index (Phi) is 5.20. The second kappa shape index (κ2) is 6.05. The molecule has 1 aliphatic rings. The van der Waals surface area contributed by atoms with Crippen LogP contribution in [0.3, 0.4) is 0 Å². The lowest BCUT2D eigenvalue weighted by molar-refractivity contribution is -0.138. The van der Waals surface area contributed by atoms with E-state index in [1.807, 2.05) is 0 Å². The predicted octanol–water partition coefficient (Wildman–Crippen LogP) is 3.44. The zero-order valence-electron chi connectivity index (χ0n) is 12.4. The summed E-state index contributed by atoms with van der Waals surface area (Å²) in [6.07, 6.45) is 5.77. The van der Waals surface area contributed by atoms with Crippen molar-refractivity contribution in [2.24, 2.45) is 11.3 Å². The number of hydrogen-bond acceptors (Lipinski definition) is 2. The summed E-state index contributed by atoms with van der Waals surface area (Å²) in [5, 5.41) is 12.6. The standard InChI is InChI=1S/C15H29NO2/c1-5-16-15(11-13(17)18)9-6-7-12(8-10-15)14(2,3)4/h12,16H,5-11H2,1-4H3,(H,17,18). The molecule has 1 rings (SSSR count). The first-order valence-corrected chi connectivity index (χ1v) is 7.26. The zero-order chi connectivity index (χ0) is 13.8. The second-order valence-electron chi connectivity index (χ2n) is 6.88. The Morgan fingerprint density at radius 3 is 2.50 bits per heavy atom. The van der Waals surface area contributed by atoms with Crippen molar-refractivity contribution in [3.8, 4) is 0 Å². The lowest BCUT2D eigenvalue weighted by atomic mass is 9.76. The van der Waals surface area contributed by atoms with Gasteiger partial charge in [0.2, 0.25) is 0 Å². The van der Waals surface area contributed by atoms with Gasteiger partial charge in [0.25, 0.3) is 0 Å². The number of rotatable bonds is 4. The van der Waals surface area contributed by atoms with Gasteiger partial charge in [-0.3, -0.25) is 4.79 Å². The summed E-state index contributed by atoms with van der Waals surface area (Å²) in [6.45, 7) is 9.82. The van der Waals surface area contributed by atoms with E-state index >= 15 is 0 Å². The van der Waals surface area contributed by atoms with Gasteiger partial charge in [-0.05, 0) is 43.6 Å². The Balaban J connectivity index is 2.74. The molecule has 3 heteroatoms. The van der Waals surface area contributed by atoms with E-state index in [9.17, 15) is 4.79 Å². The van der Waals surface area contributed by atoms with Gasteiger partial charge in [0.1, 0.15) is 0 Å². The Morgan fingerprint density at radius 1 is 1.33 bits per heavy atom. The average molecular weight is 255 g/mol. The highest BCUT2D eigenvalue weighted by molar-refractivity contribution is 5.68. The fourth-order valence-electron chi connectivity index (χ4n) is 3.35. The average Bonchev–Trinajstić information content (AvgIpc) is 2.39. The van der Waals surface area contributed by atoms with Gasteiger partial charge in [0.15, 0.2) is 0 Å². The first-order valence-electron chi connectivity index (χ1n) is 7.26. The van der Waals surface area contributed by atoms with Crippen LogP contribution in [0.5, 0.6) is 0 Å². The Morgan fingerprint density at radius 2 is 2.00 bits per heavy atom. The second-order valence-corrected chi connectivity index (χ2v) is 6.88. The maximum Gasteiger partial charge on any atom is 0.305 e. The number of nitrogens with one attached hydrogen (secondary N) is 1. The molecule has 0 saturated heterocycles. The van der Waals surface area contributed by atoms with Crippen LogP contribution in [0, 0.1) is 11.3 Å². The molecular weight excluding hydrogens is 226 g/mol. The van der Waals surface area contributed by atoms with Crippen LogP contribution < -0.4 is 5.32 Å². The molecule has 1 saturated carbocycles.